The number of carbonyl (C=O) groups is 1. The first-order valence-corrected chi connectivity index (χ1v) is 8.10. The minimum Gasteiger partial charge on any atom is -0.368 e. The van der Waals surface area contributed by atoms with Crippen molar-refractivity contribution in [1.29, 1.82) is 0 Å². The molecular weight excluding hydrogens is 357 g/mol. The lowest BCUT2D eigenvalue weighted by atomic mass is 10.1. The third-order valence-corrected chi connectivity index (χ3v) is 3.71. The third kappa shape index (κ3) is 5.04. The van der Waals surface area contributed by atoms with E-state index in [1.807, 2.05) is 0 Å². The molecule has 3 aromatic rings. The van der Waals surface area contributed by atoms with Crippen LogP contribution in [0.2, 0.25) is 0 Å². The number of nitrogens with one attached hydrogen (secondary N) is 2. The summed E-state index contributed by atoms with van der Waals surface area (Å²) in [5.74, 6) is -2.10. The molecule has 5 nitrogen and oxygen atoms in total. The highest BCUT2D eigenvalue weighted by Gasteiger charge is 2.12. The summed E-state index contributed by atoms with van der Waals surface area (Å²) >= 11 is 0. The first kappa shape index (κ1) is 18.4. The van der Waals surface area contributed by atoms with E-state index in [0.717, 1.165) is 17.7 Å². The molecule has 0 saturated carbocycles. The first-order valence-electron chi connectivity index (χ1n) is 8.10. The van der Waals surface area contributed by atoms with Gasteiger partial charge in [0.25, 0.3) is 5.91 Å². The van der Waals surface area contributed by atoms with E-state index in [-0.39, 0.29) is 17.2 Å². The van der Waals surface area contributed by atoms with Crippen LogP contribution in [0.15, 0.2) is 54.6 Å². The van der Waals surface area contributed by atoms with Gasteiger partial charge in [0.15, 0.2) is 5.69 Å². The fourth-order valence-corrected chi connectivity index (χ4v) is 2.31. The fraction of sp³-hybridized carbons (Fsp3) is 0.105. The predicted molar refractivity (Wildman–Crippen MR) is 94.9 cm³/mol. The highest BCUT2D eigenvalue weighted by atomic mass is 19.1. The van der Waals surface area contributed by atoms with Crippen LogP contribution in [0.25, 0.3) is 0 Å². The maximum Gasteiger partial charge on any atom is 0.276 e. The standard InChI is InChI=1S/C19H15F3N4O/c20-13-3-1-12(2-4-13)9-10-23-18-8-7-17(25-26-18)19(27)24-16-6-5-14(21)11-15(16)22/h1-8,11H,9-10H2,(H,23,26)(H,24,27). The molecule has 0 unspecified atom stereocenters. The number of aromatic nitrogens is 2. The summed E-state index contributed by atoms with van der Waals surface area (Å²) in [6.07, 6.45) is 0.661. The molecule has 2 aromatic carbocycles. The highest BCUT2D eigenvalue weighted by molar-refractivity contribution is 6.02. The average Bonchev–Trinajstić information content (AvgIpc) is 2.66. The van der Waals surface area contributed by atoms with Crippen LogP contribution in [0.3, 0.4) is 0 Å². The Bertz CT molecular complexity index is 931. The molecule has 0 bridgehead atoms. The second-order valence-electron chi connectivity index (χ2n) is 5.69. The van der Waals surface area contributed by atoms with Crippen molar-refractivity contribution in [1.82, 2.24) is 10.2 Å². The van der Waals surface area contributed by atoms with E-state index in [2.05, 4.69) is 20.8 Å². The smallest absolute Gasteiger partial charge is 0.276 e. The van der Waals surface area contributed by atoms with E-state index >= 15 is 0 Å². The van der Waals surface area contributed by atoms with Gasteiger partial charge < -0.3 is 10.6 Å². The molecule has 0 fully saturated rings. The second kappa shape index (κ2) is 8.31. The Balaban J connectivity index is 1.54. The summed E-state index contributed by atoms with van der Waals surface area (Å²) in [7, 11) is 0. The average molecular weight is 372 g/mol. The highest BCUT2D eigenvalue weighted by Crippen LogP contribution is 2.16. The van der Waals surface area contributed by atoms with Crippen molar-refractivity contribution in [3.63, 3.8) is 0 Å². The minimum absolute atomic E-state index is 0.0113. The van der Waals surface area contributed by atoms with E-state index < -0.39 is 17.5 Å². The van der Waals surface area contributed by atoms with Crippen molar-refractivity contribution < 1.29 is 18.0 Å². The van der Waals surface area contributed by atoms with Gasteiger partial charge >= 0.3 is 0 Å². The zero-order chi connectivity index (χ0) is 19.2. The molecular formula is C19H15F3N4O. The monoisotopic (exact) mass is 372 g/mol. The normalized spacial score (nSPS) is 10.5. The van der Waals surface area contributed by atoms with Crippen molar-refractivity contribution in [2.75, 3.05) is 17.2 Å². The maximum atomic E-state index is 13.6. The van der Waals surface area contributed by atoms with Crippen LogP contribution in [0.1, 0.15) is 16.1 Å². The van der Waals surface area contributed by atoms with Crippen LogP contribution in [0.5, 0.6) is 0 Å². The number of rotatable bonds is 6. The summed E-state index contributed by atoms with van der Waals surface area (Å²) in [6, 6.07) is 12.0. The number of anilines is 2. The number of amides is 1. The van der Waals surface area contributed by atoms with Crippen LogP contribution in [-0.2, 0) is 6.42 Å². The predicted octanol–water partition coefficient (Wildman–Crippen LogP) is 3.80. The number of hydrogen-bond donors (Lipinski definition) is 2. The Kier molecular flexibility index (Phi) is 5.65. The van der Waals surface area contributed by atoms with Gasteiger partial charge in [-0.05, 0) is 48.4 Å². The molecule has 138 valence electrons. The topological polar surface area (TPSA) is 66.9 Å². The largest absolute Gasteiger partial charge is 0.368 e. The Labute approximate surface area is 153 Å². The number of carbonyl (C=O) groups excluding carboxylic acids is 1. The molecule has 3 rings (SSSR count). The Hall–Kier alpha value is -3.42. The van der Waals surface area contributed by atoms with Crippen LogP contribution in [0, 0.1) is 17.5 Å². The van der Waals surface area contributed by atoms with Gasteiger partial charge in [-0.3, -0.25) is 4.79 Å². The SMILES string of the molecule is O=C(Nc1ccc(F)cc1F)c1ccc(NCCc2ccc(F)cc2)nn1. The summed E-state index contributed by atoms with van der Waals surface area (Å²) in [4.78, 5) is 12.1. The lowest BCUT2D eigenvalue weighted by molar-refractivity contribution is 0.102. The molecule has 0 spiro atoms. The molecule has 1 aromatic heterocycles. The van der Waals surface area contributed by atoms with E-state index in [9.17, 15) is 18.0 Å². The maximum absolute atomic E-state index is 13.6. The Morgan fingerprint density at radius 1 is 0.889 bits per heavy atom. The van der Waals surface area contributed by atoms with Crippen molar-refractivity contribution in [3.8, 4) is 0 Å². The van der Waals surface area contributed by atoms with Gasteiger partial charge in [0.05, 0.1) is 5.69 Å². The third-order valence-electron chi connectivity index (χ3n) is 3.71. The molecule has 27 heavy (non-hydrogen) atoms. The van der Waals surface area contributed by atoms with Gasteiger partial charge in [-0.25, -0.2) is 13.2 Å². The van der Waals surface area contributed by atoms with E-state index in [4.69, 9.17) is 0 Å². The molecule has 8 heteroatoms. The van der Waals surface area contributed by atoms with Crippen molar-refractivity contribution in [2.24, 2.45) is 0 Å². The molecule has 1 amide bonds. The zero-order valence-electron chi connectivity index (χ0n) is 14.0. The molecule has 0 aliphatic carbocycles. The van der Waals surface area contributed by atoms with Gasteiger partial charge in [-0.1, -0.05) is 12.1 Å². The van der Waals surface area contributed by atoms with E-state index in [1.54, 1.807) is 18.2 Å². The van der Waals surface area contributed by atoms with E-state index in [0.29, 0.717) is 24.8 Å². The van der Waals surface area contributed by atoms with Crippen LogP contribution >= 0.6 is 0 Å². The molecule has 0 radical (unpaired) electrons. The number of benzene rings is 2. The number of hydrogen-bond acceptors (Lipinski definition) is 4. The summed E-state index contributed by atoms with van der Waals surface area (Å²) in [5.41, 5.74) is 0.807. The quantitative estimate of drug-likeness (QED) is 0.691. The van der Waals surface area contributed by atoms with Crippen LogP contribution < -0.4 is 10.6 Å². The summed E-state index contributed by atoms with van der Waals surface area (Å²) in [5, 5.41) is 13.0. The number of halogens is 3. The molecule has 1 heterocycles. The lowest BCUT2D eigenvalue weighted by Gasteiger charge is -2.07. The van der Waals surface area contributed by atoms with Gasteiger partial charge in [-0.2, -0.15) is 0 Å². The molecule has 0 atom stereocenters. The van der Waals surface area contributed by atoms with Crippen molar-refractivity contribution >= 4 is 17.4 Å². The number of nitrogens with zero attached hydrogens (tertiary/aromatic N) is 2. The zero-order valence-corrected chi connectivity index (χ0v) is 14.0. The van der Waals surface area contributed by atoms with Crippen LogP contribution in [0.4, 0.5) is 24.7 Å². The van der Waals surface area contributed by atoms with E-state index in [1.165, 1.54) is 18.2 Å². The molecule has 0 aliphatic heterocycles. The van der Waals surface area contributed by atoms with Crippen molar-refractivity contribution in [2.45, 2.75) is 6.42 Å². The summed E-state index contributed by atoms with van der Waals surface area (Å²) < 4.78 is 39.3. The molecule has 0 saturated heterocycles. The van der Waals surface area contributed by atoms with Gasteiger partial charge in [0.2, 0.25) is 0 Å². The van der Waals surface area contributed by atoms with Crippen molar-refractivity contribution in [3.05, 3.63) is 83.3 Å². The minimum atomic E-state index is -0.879. The molecule has 2 N–H and O–H groups in total. The summed E-state index contributed by atoms with van der Waals surface area (Å²) in [6.45, 7) is 0.548. The van der Waals surface area contributed by atoms with Gasteiger partial charge in [-0.15, -0.1) is 10.2 Å². The van der Waals surface area contributed by atoms with Crippen LogP contribution in [-0.4, -0.2) is 22.6 Å². The lowest BCUT2D eigenvalue weighted by Crippen LogP contribution is -2.16. The van der Waals surface area contributed by atoms with Gasteiger partial charge in [0.1, 0.15) is 23.3 Å². The van der Waals surface area contributed by atoms with Gasteiger partial charge in [0, 0.05) is 12.6 Å². The molecule has 0 aliphatic rings. The Morgan fingerprint density at radius 3 is 2.30 bits per heavy atom. The fourth-order valence-electron chi connectivity index (χ4n) is 2.31. The first-order chi connectivity index (χ1) is 13.0. The second-order valence-corrected chi connectivity index (χ2v) is 5.69. The Morgan fingerprint density at radius 2 is 1.63 bits per heavy atom.